The molecule has 1 aliphatic rings. The molecule has 1 fully saturated rings. The summed E-state index contributed by atoms with van der Waals surface area (Å²) in [6.45, 7) is 4.32. The summed E-state index contributed by atoms with van der Waals surface area (Å²) in [5, 5.41) is 20.1. The zero-order chi connectivity index (χ0) is 18.8. The van der Waals surface area contributed by atoms with Crippen LogP contribution in [-0.2, 0) is 4.74 Å². The lowest BCUT2D eigenvalue weighted by atomic mass is 9.85. The van der Waals surface area contributed by atoms with Crippen LogP contribution in [0.4, 0.5) is 0 Å². The van der Waals surface area contributed by atoms with Crippen molar-refractivity contribution >= 4 is 11.0 Å². The van der Waals surface area contributed by atoms with E-state index in [0.717, 1.165) is 43.5 Å². The van der Waals surface area contributed by atoms with Gasteiger partial charge in [-0.1, -0.05) is 19.1 Å². The zero-order valence-electron chi connectivity index (χ0n) is 15.6. The Kier molecular flexibility index (Phi) is 5.09. The summed E-state index contributed by atoms with van der Waals surface area (Å²) in [5.74, 6) is 0.901. The number of nitrogens with two attached hydrogens (primary N) is 1. The Hall–Kier alpha value is -2.44. The number of hydrogen-bond acceptors (Lipinski definition) is 5. The quantitative estimate of drug-likeness (QED) is 0.640. The number of para-hydroxylation sites is 1. The van der Waals surface area contributed by atoms with Crippen molar-refractivity contribution in [1.82, 2.24) is 15.2 Å². The van der Waals surface area contributed by atoms with Crippen LogP contribution in [-0.4, -0.2) is 40.0 Å². The third-order valence-corrected chi connectivity index (χ3v) is 5.62. The van der Waals surface area contributed by atoms with Gasteiger partial charge in [0.05, 0.1) is 5.69 Å². The van der Waals surface area contributed by atoms with E-state index in [9.17, 15) is 5.11 Å². The number of nitrogens with one attached hydrogen (secondary N) is 1. The van der Waals surface area contributed by atoms with E-state index in [4.69, 9.17) is 10.5 Å². The molecular formula is C21H26N4O2. The minimum absolute atomic E-state index is 0.211. The molecule has 0 saturated carbocycles. The van der Waals surface area contributed by atoms with Crippen LogP contribution in [0.1, 0.15) is 49.3 Å². The maximum Gasteiger partial charge on any atom is 0.160 e. The number of ether oxygens (including phenoxy) is 1. The lowest BCUT2D eigenvalue weighted by Gasteiger charge is -2.25. The number of H-pyrrole nitrogens is 1. The Labute approximate surface area is 158 Å². The van der Waals surface area contributed by atoms with E-state index < -0.39 is 0 Å². The number of aromatic amines is 1. The first-order chi connectivity index (χ1) is 13.2. The molecule has 1 aromatic carbocycles. The van der Waals surface area contributed by atoms with Crippen LogP contribution in [0, 0.1) is 0 Å². The largest absolute Gasteiger partial charge is 0.507 e. The van der Waals surface area contributed by atoms with Crippen molar-refractivity contribution in [2.75, 3.05) is 19.8 Å². The first-order valence-electron chi connectivity index (χ1n) is 9.68. The van der Waals surface area contributed by atoms with Crippen LogP contribution >= 0.6 is 0 Å². The van der Waals surface area contributed by atoms with Crippen molar-refractivity contribution in [2.45, 2.75) is 38.0 Å². The summed E-state index contributed by atoms with van der Waals surface area (Å²) >= 11 is 0. The molecule has 142 valence electrons. The van der Waals surface area contributed by atoms with Crippen LogP contribution in [0.2, 0.25) is 0 Å². The molecule has 0 bridgehead atoms. The number of fused-ring (bicyclic) bond motifs is 1. The Morgan fingerprint density at radius 3 is 2.74 bits per heavy atom. The van der Waals surface area contributed by atoms with Gasteiger partial charge < -0.3 is 20.6 Å². The Bertz CT molecular complexity index is 927. The van der Waals surface area contributed by atoms with Gasteiger partial charge in [-0.15, -0.1) is 10.2 Å². The van der Waals surface area contributed by atoms with E-state index in [1.54, 1.807) is 12.1 Å². The summed E-state index contributed by atoms with van der Waals surface area (Å²) in [6.07, 6.45) is 2.96. The van der Waals surface area contributed by atoms with Crippen molar-refractivity contribution in [3.05, 3.63) is 41.6 Å². The van der Waals surface area contributed by atoms with Crippen LogP contribution < -0.4 is 5.73 Å². The average Bonchev–Trinajstić information content (AvgIpc) is 3.08. The topological polar surface area (TPSA) is 97.1 Å². The molecule has 0 amide bonds. The summed E-state index contributed by atoms with van der Waals surface area (Å²) in [7, 11) is 0. The fraction of sp³-hybridized carbons (Fsp3) is 0.429. The predicted molar refractivity (Wildman–Crippen MR) is 106 cm³/mol. The molecule has 1 saturated heterocycles. The summed E-state index contributed by atoms with van der Waals surface area (Å²) in [6, 6.07) is 9.28. The molecule has 27 heavy (non-hydrogen) atoms. The van der Waals surface area contributed by atoms with Gasteiger partial charge in [-0.2, -0.15) is 0 Å². The fourth-order valence-corrected chi connectivity index (χ4v) is 4.09. The maximum absolute atomic E-state index is 10.2. The molecule has 1 atom stereocenters. The van der Waals surface area contributed by atoms with Crippen molar-refractivity contribution in [3.8, 4) is 17.0 Å². The second-order valence-electron chi connectivity index (χ2n) is 7.19. The smallest absolute Gasteiger partial charge is 0.160 e. The van der Waals surface area contributed by atoms with Crippen LogP contribution in [0.25, 0.3) is 22.3 Å². The first-order valence-corrected chi connectivity index (χ1v) is 9.68. The average molecular weight is 366 g/mol. The van der Waals surface area contributed by atoms with Gasteiger partial charge >= 0.3 is 0 Å². The Balaban J connectivity index is 1.89. The number of hydrogen-bond donors (Lipinski definition) is 3. The molecule has 2 aromatic heterocycles. The summed E-state index contributed by atoms with van der Waals surface area (Å²) < 4.78 is 5.58. The van der Waals surface area contributed by atoms with Crippen molar-refractivity contribution in [1.29, 1.82) is 0 Å². The third-order valence-electron chi connectivity index (χ3n) is 5.62. The number of aromatic nitrogens is 3. The zero-order valence-corrected chi connectivity index (χ0v) is 15.6. The number of benzene rings is 1. The maximum atomic E-state index is 10.2. The molecule has 0 spiro atoms. The molecule has 6 nitrogen and oxygen atoms in total. The molecule has 1 aliphatic heterocycles. The summed E-state index contributed by atoms with van der Waals surface area (Å²) in [5.41, 5.74) is 10.7. The normalized spacial score (nSPS) is 16.7. The highest BCUT2D eigenvalue weighted by Crippen LogP contribution is 2.39. The van der Waals surface area contributed by atoms with Gasteiger partial charge in [0.15, 0.2) is 5.65 Å². The Morgan fingerprint density at radius 2 is 2.04 bits per heavy atom. The Morgan fingerprint density at radius 1 is 1.26 bits per heavy atom. The lowest BCUT2D eigenvalue weighted by molar-refractivity contribution is 0.0853. The molecule has 0 unspecified atom stereocenters. The van der Waals surface area contributed by atoms with Gasteiger partial charge in [-0.05, 0) is 48.9 Å². The second-order valence-corrected chi connectivity index (χ2v) is 7.19. The van der Waals surface area contributed by atoms with E-state index in [0.29, 0.717) is 23.7 Å². The van der Waals surface area contributed by atoms with Gasteiger partial charge in [-0.25, -0.2) is 0 Å². The predicted octanol–water partition coefficient (Wildman–Crippen LogP) is 3.68. The van der Waals surface area contributed by atoms with E-state index in [1.165, 1.54) is 11.3 Å². The number of aromatic hydroxyl groups is 1. The SMILES string of the molecule is CC[C@H](CN)c1[nH]c2nnc(-c3ccccc3O)cc2c1C1CCOCC1. The van der Waals surface area contributed by atoms with Gasteiger partial charge in [0.2, 0.25) is 0 Å². The molecule has 3 heterocycles. The van der Waals surface area contributed by atoms with E-state index in [-0.39, 0.29) is 11.7 Å². The first kappa shape index (κ1) is 17.9. The highest BCUT2D eigenvalue weighted by atomic mass is 16.5. The second kappa shape index (κ2) is 7.66. The van der Waals surface area contributed by atoms with Gasteiger partial charge in [0, 0.05) is 42.3 Å². The monoisotopic (exact) mass is 366 g/mol. The van der Waals surface area contributed by atoms with Gasteiger partial charge in [0.25, 0.3) is 0 Å². The highest BCUT2D eigenvalue weighted by molar-refractivity contribution is 5.86. The fourth-order valence-electron chi connectivity index (χ4n) is 4.09. The minimum Gasteiger partial charge on any atom is -0.507 e. The van der Waals surface area contributed by atoms with Crippen LogP contribution in [0.15, 0.2) is 30.3 Å². The molecule has 0 radical (unpaired) electrons. The number of phenols is 1. The van der Waals surface area contributed by atoms with E-state index >= 15 is 0 Å². The van der Waals surface area contributed by atoms with Crippen molar-refractivity contribution in [3.63, 3.8) is 0 Å². The molecule has 4 rings (SSSR count). The highest BCUT2D eigenvalue weighted by Gasteiger charge is 2.27. The van der Waals surface area contributed by atoms with Crippen molar-refractivity contribution < 1.29 is 9.84 Å². The molecule has 6 heteroatoms. The molecular weight excluding hydrogens is 340 g/mol. The van der Waals surface area contributed by atoms with Crippen LogP contribution in [0.3, 0.4) is 0 Å². The molecule has 3 aromatic rings. The standard InChI is InChI=1S/C21H26N4O2/c1-2-13(12-22)20-19(14-7-9-27-10-8-14)16-11-17(24-25-21(16)23-20)15-5-3-4-6-18(15)26/h3-6,11,13-14,26H,2,7-10,12,22H2,1H3,(H,23,25)/t13-/m1/s1. The van der Waals surface area contributed by atoms with Crippen molar-refractivity contribution in [2.24, 2.45) is 5.73 Å². The molecule has 4 N–H and O–H groups in total. The third kappa shape index (κ3) is 3.31. The lowest BCUT2D eigenvalue weighted by Crippen LogP contribution is -2.18. The minimum atomic E-state index is 0.211. The van der Waals surface area contributed by atoms with E-state index in [1.807, 2.05) is 18.2 Å². The molecule has 0 aliphatic carbocycles. The van der Waals surface area contributed by atoms with E-state index in [2.05, 4.69) is 22.1 Å². The van der Waals surface area contributed by atoms with Gasteiger partial charge in [0.1, 0.15) is 5.75 Å². The number of rotatable bonds is 5. The number of phenolic OH excluding ortho intramolecular Hbond substituents is 1. The van der Waals surface area contributed by atoms with Gasteiger partial charge in [-0.3, -0.25) is 0 Å². The number of nitrogens with zero attached hydrogens (tertiary/aromatic N) is 2. The summed E-state index contributed by atoms with van der Waals surface area (Å²) in [4.78, 5) is 3.50. The van der Waals surface area contributed by atoms with Crippen LogP contribution in [0.5, 0.6) is 5.75 Å².